The van der Waals surface area contributed by atoms with Crippen molar-refractivity contribution < 1.29 is 9.59 Å². The van der Waals surface area contributed by atoms with Crippen LogP contribution in [0.3, 0.4) is 0 Å². The Hall–Kier alpha value is -1.84. The number of hydrogen-bond acceptors (Lipinski definition) is 2. The Bertz CT molecular complexity index is 479. The summed E-state index contributed by atoms with van der Waals surface area (Å²) in [5, 5.41) is 3.00. The van der Waals surface area contributed by atoms with Crippen molar-refractivity contribution in [1.82, 2.24) is 10.2 Å². The van der Waals surface area contributed by atoms with Crippen LogP contribution in [0.4, 0.5) is 0 Å². The SMILES string of the molecule is CCCCC(=O)N1CCC(C(=O)NCc2ccccc2)CC1. The monoisotopic (exact) mass is 302 g/mol. The van der Waals surface area contributed by atoms with Gasteiger partial charge in [0.05, 0.1) is 0 Å². The van der Waals surface area contributed by atoms with Gasteiger partial charge in [-0.2, -0.15) is 0 Å². The molecule has 2 rings (SSSR count). The summed E-state index contributed by atoms with van der Waals surface area (Å²) < 4.78 is 0. The number of carbonyl (C=O) groups excluding carboxylic acids is 2. The standard InChI is InChI=1S/C18H26N2O2/c1-2-3-9-17(21)20-12-10-16(11-13-20)18(22)19-14-15-7-5-4-6-8-15/h4-8,16H,2-3,9-14H2,1H3,(H,19,22). The van der Waals surface area contributed by atoms with Crippen molar-refractivity contribution in [3.8, 4) is 0 Å². The van der Waals surface area contributed by atoms with Crippen molar-refractivity contribution in [3.63, 3.8) is 0 Å². The number of carbonyl (C=O) groups is 2. The predicted octanol–water partition coefficient (Wildman–Crippen LogP) is 2.73. The molecule has 0 aliphatic carbocycles. The number of amides is 2. The van der Waals surface area contributed by atoms with Gasteiger partial charge in [-0.15, -0.1) is 0 Å². The van der Waals surface area contributed by atoms with Crippen molar-refractivity contribution in [1.29, 1.82) is 0 Å². The van der Waals surface area contributed by atoms with Crippen molar-refractivity contribution in [2.45, 2.75) is 45.6 Å². The van der Waals surface area contributed by atoms with Gasteiger partial charge in [-0.25, -0.2) is 0 Å². The van der Waals surface area contributed by atoms with Crippen LogP contribution in [0, 0.1) is 5.92 Å². The maximum atomic E-state index is 12.2. The van der Waals surface area contributed by atoms with Crippen LogP contribution in [-0.2, 0) is 16.1 Å². The molecule has 0 unspecified atom stereocenters. The van der Waals surface area contributed by atoms with Crippen molar-refractivity contribution in [2.24, 2.45) is 5.92 Å². The molecule has 22 heavy (non-hydrogen) atoms. The van der Waals surface area contributed by atoms with Crippen molar-refractivity contribution >= 4 is 11.8 Å². The second-order valence-electron chi connectivity index (χ2n) is 5.96. The first-order valence-electron chi connectivity index (χ1n) is 8.30. The van der Waals surface area contributed by atoms with Gasteiger partial charge in [0.1, 0.15) is 0 Å². The van der Waals surface area contributed by atoms with Gasteiger partial charge in [0.15, 0.2) is 0 Å². The number of hydrogen-bond donors (Lipinski definition) is 1. The molecule has 0 bridgehead atoms. The lowest BCUT2D eigenvalue weighted by atomic mass is 9.95. The molecule has 0 radical (unpaired) electrons. The molecule has 120 valence electrons. The van der Waals surface area contributed by atoms with E-state index in [1.54, 1.807) is 0 Å². The fourth-order valence-corrected chi connectivity index (χ4v) is 2.81. The van der Waals surface area contributed by atoms with E-state index in [-0.39, 0.29) is 17.7 Å². The molecule has 1 fully saturated rings. The molecule has 0 spiro atoms. The van der Waals surface area contributed by atoms with E-state index in [0.29, 0.717) is 26.1 Å². The summed E-state index contributed by atoms with van der Waals surface area (Å²) in [6, 6.07) is 9.94. The Labute approximate surface area is 132 Å². The Morgan fingerprint density at radius 1 is 1.18 bits per heavy atom. The van der Waals surface area contributed by atoms with Crippen LogP contribution < -0.4 is 5.32 Å². The zero-order chi connectivity index (χ0) is 15.8. The van der Waals surface area contributed by atoms with Gasteiger partial charge in [0.25, 0.3) is 0 Å². The van der Waals surface area contributed by atoms with E-state index >= 15 is 0 Å². The molecule has 1 aromatic rings. The summed E-state index contributed by atoms with van der Waals surface area (Å²) in [6.07, 6.45) is 4.19. The van der Waals surface area contributed by atoms with Gasteiger partial charge < -0.3 is 10.2 Å². The maximum Gasteiger partial charge on any atom is 0.223 e. The molecule has 0 atom stereocenters. The second kappa shape index (κ2) is 8.57. The van der Waals surface area contributed by atoms with Gasteiger partial charge in [0, 0.05) is 32.0 Å². The van der Waals surface area contributed by atoms with E-state index in [9.17, 15) is 9.59 Å². The van der Waals surface area contributed by atoms with Crippen LogP contribution in [0.2, 0.25) is 0 Å². The zero-order valence-corrected chi connectivity index (χ0v) is 13.4. The summed E-state index contributed by atoms with van der Waals surface area (Å²) in [5.41, 5.74) is 1.11. The minimum atomic E-state index is 0.0407. The Kier molecular flexibility index (Phi) is 6.44. The number of benzene rings is 1. The van der Waals surface area contributed by atoms with Crippen LogP contribution in [-0.4, -0.2) is 29.8 Å². The Morgan fingerprint density at radius 3 is 2.50 bits per heavy atom. The lowest BCUT2D eigenvalue weighted by molar-refractivity contribution is -0.135. The van der Waals surface area contributed by atoms with Gasteiger partial charge in [-0.3, -0.25) is 9.59 Å². The lowest BCUT2D eigenvalue weighted by Gasteiger charge is -2.31. The highest BCUT2D eigenvalue weighted by molar-refractivity contribution is 5.80. The van der Waals surface area contributed by atoms with E-state index in [4.69, 9.17) is 0 Å². The Morgan fingerprint density at radius 2 is 1.86 bits per heavy atom. The van der Waals surface area contributed by atoms with Gasteiger partial charge in [0.2, 0.25) is 11.8 Å². The molecule has 0 aromatic heterocycles. The number of unbranched alkanes of at least 4 members (excludes halogenated alkanes) is 1. The third-order valence-electron chi connectivity index (χ3n) is 4.27. The van der Waals surface area contributed by atoms with Gasteiger partial charge >= 0.3 is 0 Å². The molecule has 4 heteroatoms. The van der Waals surface area contributed by atoms with Crippen LogP contribution in [0.25, 0.3) is 0 Å². The summed E-state index contributed by atoms with van der Waals surface area (Å²) in [5.74, 6) is 0.397. The summed E-state index contributed by atoms with van der Waals surface area (Å²) in [6.45, 7) is 4.10. The third kappa shape index (κ3) is 4.86. The molecular weight excluding hydrogens is 276 g/mol. The third-order valence-corrected chi connectivity index (χ3v) is 4.27. The molecule has 1 saturated heterocycles. The van der Waals surface area contributed by atoms with Crippen LogP contribution in [0.15, 0.2) is 30.3 Å². The molecule has 1 N–H and O–H groups in total. The number of piperidine rings is 1. The van der Waals surface area contributed by atoms with Crippen LogP contribution >= 0.6 is 0 Å². The molecule has 4 nitrogen and oxygen atoms in total. The zero-order valence-electron chi connectivity index (χ0n) is 13.4. The summed E-state index contributed by atoms with van der Waals surface area (Å²) in [7, 11) is 0. The first-order valence-corrected chi connectivity index (χ1v) is 8.30. The molecule has 0 saturated carbocycles. The first kappa shape index (κ1) is 16.5. The fourth-order valence-electron chi connectivity index (χ4n) is 2.81. The predicted molar refractivity (Wildman–Crippen MR) is 87.1 cm³/mol. The van der Waals surface area contributed by atoms with Gasteiger partial charge in [-0.1, -0.05) is 43.7 Å². The highest BCUT2D eigenvalue weighted by Gasteiger charge is 2.26. The van der Waals surface area contributed by atoms with E-state index < -0.39 is 0 Å². The van der Waals surface area contributed by atoms with Crippen LogP contribution in [0.1, 0.15) is 44.6 Å². The molecule has 1 aliphatic rings. The number of nitrogens with zero attached hydrogens (tertiary/aromatic N) is 1. The highest BCUT2D eigenvalue weighted by Crippen LogP contribution is 2.18. The topological polar surface area (TPSA) is 49.4 Å². The molecule has 2 amide bonds. The Balaban J connectivity index is 1.72. The molecule has 1 heterocycles. The fraction of sp³-hybridized carbons (Fsp3) is 0.556. The van der Waals surface area contributed by atoms with E-state index in [1.807, 2.05) is 35.2 Å². The average Bonchev–Trinajstić information content (AvgIpc) is 2.58. The maximum absolute atomic E-state index is 12.2. The van der Waals surface area contributed by atoms with Gasteiger partial charge in [-0.05, 0) is 24.8 Å². The number of likely N-dealkylation sites (tertiary alicyclic amines) is 1. The smallest absolute Gasteiger partial charge is 0.223 e. The minimum Gasteiger partial charge on any atom is -0.352 e. The quantitative estimate of drug-likeness (QED) is 0.878. The normalized spacial score (nSPS) is 15.6. The van der Waals surface area contributed by atoms with E-state index in [0.717, 1.165) is 31.2 Å². The van der Waals surface area contributed by atoms with Crippen molar-refractivity contribution in [3.05, 3.63) is 35.9 Å². The second-order valence-corrected chi connectivity index (χ2v) is 5.96. The largest absolute Gasteiger partial charge is 0.352 e. The molecule has 1 aliphatic heterocycles. The lowest BCUT2D eigenvalue weighted by Crippen LogP contribution is -2.42. The van der Waals surface area contributed by atoms with E-state index in [2.05, 4.69) is 12.2 Å². The van der Waals surface area contributed by atoms with Crippen LogP contribution in [0.5, 0.6) is 0 Å². The molecule has 1 aromatic carbocycles. The number of rotatable bonds is 6. The minimum absolute atomic E-state index is 0.0407. The van der Waals surface area contributed by atoms with Crippen molar-refractivity contribution in [2.75, 3.05) is 13.1 Å². The number of nitrogens with one attached hydrogen (secondary N) is 1. The summed E-state index contributed by atoms with van der Waals surface area (Å²) >= 11 is 0. The van der Waals surface area contributed by atoms with E-state index in [1.165, 1.54) is 0 Å². The molecular formula is C18H26N2O2. The first-order chi connectivity index (χ1) is 10.7. The summed E-state index contributed by atoms with van der Waals surface area (Å²) in [4.78, 5) is 26.1. The highest BCUT2D eigenvalue weighted by atomic mass is 16.2. The average molecular weight is 302 g/mol.